The second-order valence-corrected chi connectivity index (χ2v) is 14.2. The Bertz CT molecular complexity index is 1650. The molecule has 0 aliphatic carbocycles. The monoisotopic (exact) mass is 603 g/mol. The van der Waals surface area contributed by atoms with Crippen LogP contribution < -0.4 is 14.4 Å². The average molecular weight is 604 g/mol. The number of amides is 1. The fraction of sp³-hybridized carbons (Fsp3) is 0.321. The van der Waals surface area contributed by atoms with Crippen molar-refractivity contribution in [2.24, 2.45) is 5.92 Å². The van der Waals surface area contributed by atoms with Crippen LogP contribution in [0, 0.1) is 12.8 Å². The molecule has 40 heavy (non-hydrogen) atoms. The first kappa shape index (κ1) is 28.4. The quantitative estimate of drug-likeness (QED) is 0.427. The number of rotatable bonds is 7. The number of nitrogens with zero attached hydrogens (tertiary/aromatic N) is 2. The summed E-state index contributed by atoms with van der Waals surface area (Å²) in [5, 5.41) is 3.36. The van der Waals surface area contributed by atoms with E-state index in [9.17, 15) is 21.6 Å². The van der Waals surface area contributed by atoms with Crippen LogP contribution in [0.5, 0.6) is 5.75 Å². The largest absolute Gasteiger partial charge is 0.496 e. The predicted molar refractivity (Wildman–Crippen MR) is 154 cm³/mol. The Morgan fingerprint density at radius 2 is 1.57 bits per heavy atom. The number of benzene rings is 3. The van der Waals surface area contributed by atoms with Gasteiger partial charge in [-0.1, -0.05) is 17.7 Å². The number of fused-ring (bicyclic) bond motifs is 1. The zero-order chi connectivity index (χ0) is 28.7. The highest BCUT2D eigenvalue weighted by Crippen LogP contribution is 2.36. The molecule has 1 fully saturated rings. The zero-order valence-electron chi connectivity index (χ0n) is 22.1. The van der Waals surface area contributed by atoms with Crippen LogP contribution >= 0.6 is 11.6 Å². The van der Waals surface area contributed by atoms with Crippen molar-refractivity contribution in [2.75, 3.05) is 36.4 Å². The van der Waals surface area contributed by atoms with Gasteiger partial charge in [0.25, 0.3) is 10.0 Å². The van der Waals surface area contributed by atoms with Gasteiger partial charge in [0.1, 0.15) is 5.75 Å². The third-order valence-electron chi connectivity index (χ3n) is 7.44. The first-order valence-electron chi connectivity index (χ1n) is 12.9. The van der Waals surface area contributed by atoms with E-state index in [1.165, 1.54) is 46.1 Å². The topological polar surface area (TPSA) is 113 Å². The molecule has 0 atom stereocenters. The van der Waals surface area contributed by atoms with Gasteiger partial charge >= 0.3 is 0 Å². The molecule has 212 valence electrons. The zero-order valence-corrected chi connectivity index (χ0v) is 24.5. The molecule has 9 nitrogen and oxygen atoms in total. The normalized spacial score (nSPS) is 16.5. The Kier molecular flexibility index (Phi) is 7.84. The van der Waals surface area contributed by atoms with Crippen molar-refractivity contribution in [3.05, 3.63) is 76.8 Å². The van der Waals surface area contributed by atoms with E-state index in [1.807, 2.05) is 6.07 Å². The first-order chi connectivity index (χ1) is 19.0. The third-order valence-corrected chi connectivity index (χ3v) is 11.4. The van der Waals surface area contributed by atoms with Gasteiger partial charge in [-0.25, -0.2) is 16.8 Å². The van der Waals surface area contributed by atoms with E-state index in [4.69, 9.17) is 16.3 Å². The smallest absolute Gasteiger partial charge is 0.264 e. The minimum atomic E-state index is -3.79. The SMILES string of the molecule is COc1ccc(S(=O)(=O)N2CCC(C(=O)Nc3ccc4c(c3)N(S(=O)(=O)c3ccc(Cl)cc3)CC4)CC2)cc1C. The lowest BCUT2D eigenvalue weighted by Gasteiger charge is -2.30. The second kappa shape index (κ2) is 11.0. The molecular weight excluding hydrogens is 574 g/mol. The second-order valence-electron chi connectivity index (χ2n) is 9.92. The van der Waals surface area contributed by atoms with E-state index in [2.05, 4.69) is 5.32 Å². The van der Waals surface area contributed by atoms with Crippen LogP contribution in [0.3, 0.4) is 0 Å². The van der Waals surface area contributed by atoms with Crippen molar-refractivity contribution in [3.63, 3.8) is 0 Å². The molecule has 1 amide bonds. The summed E-state index contributed by atoms with van der Waals surface area (Å²) in [5.41, 5.74) is 2.63. The van der Waals surface area contributed by atoms with Gasteiger partial charge < -0.3 is 10.1 Å². The number of aryl methyl sites for hydroxylation is 1. The van der Waals surface area contributed by atoms with Crippen LogP contribution in [-0.2, 0) is 31.3 Å². The van der Waals surface area contributed by atoms with Gasteiger partial charge in [-0.15, -0.1) is 0 Å². The Morgan fingerprint density at radius 3 is 2.23 bits per heavy atom. The summed E-state index contributed by atoms with van der Waals surface area (Å²) in [4.78, 5) is 13.4. The van der Waals surface area contributed by atoms with Gasteiger partial charge in [0.2, 0.25) is 15.9 Å². The molecule has 5 rings (SSSR count). The number of ether oxygens (including phenoxy) is 1. The molecule has 0 unspecified atom stereocenters. The number of sulfonamides is 2. The summed E-state index contributed by atoms with van der Waals surface area (Å²) in [6.07, 6.45) is 1.32. The molecule has 0 aromatic heterocycles. The average Bonchev–Trinajstić information content (AvgIpc) is 3.37. The Morgan fingerprint density at radius 1 is 0.900 bits per heavy atom. The Labute approximate surface area is 239 Å². The van der Waals surface area contributed by atoms with Crippen LogP contribution in [0.25, 0.3) is 0 Å². The number of anilines is 2. The molecule has 12 heteroatoms. The minimum absolute atomic E-state index is 0.144. The molecule has 1 saturated heterocycles. The van der Waals surface area contributed by atoms with E-state index in [0.29, 0.717) is 48.0 Å². The van der Waals surface area contributed by atoms with Crippen molar-refractivity contribution in [1.29, 1.82) is 0 Å². The lowest BCUT2D eigenvalue weighted by atomic mass is 9.97. The summed E-state index contributed by atoms with van der Waals surface area (Å²) in [5.74, 6) is 0.0280. The summed E-state index contributed by atoms with van der Waals surface area (Å²) in [7, 11) is -5.95. The molecule has 0 saturated carbocycles. The van der Waals surface area contributed by atoms with Crippen LogP contribution in [0.2, 0.25) is 5.02 Å². The van der Waals surface area contributed by atoms with Gasteiger partial charge in [-0.2, -0.15) is 4.31 Å². The first-order valence-corrected chi connectivity index (χ1v) is 16.1. The Hall–Kier alpha value is -3.12. The number of nitrogens with one attached hydrogen (secondary N) is 1. The molecule has 0 bridgehead atoms. The van der Waals surface area contributed by atoms with Gasteiger partial charge in [0.05, 0.1) is 22.6 Å². The maximum atomic E-state index is 13.3. The molecule has 2 heterocycles. The van der Waals surface area contributed by atoms with E-state index < -0.39 is 20.0 Å². The van der Waals surface area contributed by atoms with Crippen LogP contribution in [0.4, 0.5) is 11.4 Å². The summed E-state index contributed by atoms with van der Waals surface area (Å²) < 4.78 is 60.9. The fourth-order valence-corrected chi connectivity index (χ4v) is 8.35. The minimum Gasteiger partial charge on any atom is -0.496 e. The van der Waals surface area contributed by atoms with E-state index in [0.717, 1.165) is 11.1 Å². The molecular formula is C28H30ClN3O6S2. The number of carbonyl (C=O) groups is 1. The molecule has 3 aromatic rings. The van der Waals surface area contributed by atoms with Crippen LogP contribution in [0.15, 0.2) is 70.5 Å². The Balaban J connectivity index is 1.25. The molecule has 3 aromatic carbocycles. The van der Waals surface area contributed by atoms with E-state index in [1.54, 1.807) is 31.2 Å². The van der Waals surface area contributed by atoms with Gasteiger partial charge in [-0.05, 0) is 91.9 Å². The lowest BCUT2D eigenvalue weighted by molar-refractivity contribution is -0.120. The number of piperidine rings is 1. The highest BCUT2D eigenvalue weighted by molar-refractivity contribution is 7.92. The summed E-state index contributed by atoms with van der Waals surface area (Å²) in [6, 6.07) is 16.1. The van der Waals surface area contributed by atoms with Gasteiger partial charge in [0, 0.05) is 36.3 Å². The lowest BCUT2D eigenvalue weighted by Crippen LogP contribution is -2.41. The van der Waals surface area contributed by atoms with E-state index >= 15 is 0 Å². The molecule has 1 N–H and O–H groups in total. The van der Waals surface area contributed by atoms with Crippen molar-refractivity contribution >= 4 is 48.9 Å². The fourth-order valence-electron chi connectivity index (χ4n) is 5.17. The molecule has 0 spiro atoms. The van der Waals surface area contributed by atoms with Crippen molar-refractivity contribution in [1.82, 2.24) is 4.31 Å². The number of carbonyl (C=O) groups excluding carboxylic acids is 1. The highest BCUT2D eigenvalue weighted by atomic mass is 35.5. The van der Waals surface area contributed by atoms with Crippen LogP contribution in [0.1, 0.15) is 24.0 Å². The predicted octanol–water partition coefficient (Wildman–Crippen LogP) is 4.45. The van der Waals surface area contributed by atoms with Crippen molar-refractivity contribution in [2.45, 2.75) is 36.0 Å². The van der Waals surface area contributed by atoms with Crippen molar-refractivity contribution in [3.8, 4) is 5.75 Å². The summed E-state index contributed by atoms with van der Waals surface area (Å²) >= 11 is 5.92. The summed E-state index contributed by atoms with van der Waals surface area (Å²) in [6.45, 7) is 2.55. The van der Waals surface area contributed by atoms with Crippen molar-refractivity contribution < 1.29 is 26.4 Å². The van der Waals surface area contributed by atoms with Gasteiger partial charge in [0.15, 0.2) is 0 Å². The van der Waals surface area contributed by atoms with Crippen LogP contribution in [-0.4, -0.2) is 53.8 Å². The van der Waals surface area contributed by atoms with Gasteiger partial charge in [-0.3, -0.25) is 9.10 Å². The number of hydrogen-bond acceptors (Lipinski definition) is 6. The molecule has 2 aliphatic rings. The maximum absolute atomic E-state index is 13.3. The highest BCUT2D eigenvalue weighted by Gasteiger charge is 2.34. The number of halogens is 1. The molecule has 0 radical (unpaired) electrons. The third kappa shape index (κ3) is 5.43. The maximum Gasteiger partial charge on any atom is 0.264 e. The van der Waals surface area contributed by atoms with E-state index in [-0.39, 0.29) is 34.7 Å². The number of hydrogen-bond donors (Lipinski definition) is 1. The molecule has 2 aliphatic heterocycles. The number of methoxy groups -OCH3 is 1. The standard InChI is InChI=1S/C28H30ClN3O6S2/c1-19-17-25(9-10-27(19)38-2)39(34,35)31-14-11-21(12-15-31)28(33)30-23-6-3-20-13-16-32(26(20)18-23)40(36,37)24-7-4-22(29)5-8-24/h3-10,17-18,21H,11-16H2,1-2H3,(H,30,33).